The molecule has 2 aliphatic rings. The van der Waals surface area contributed by atoms with Crippen LogP contribution in [-0.4, -0.2) is 17.1 Å². The molecule has 2 aromatic carbocycles. The Bertz CT molecular complexity index is 800. The molecule has 2 atom stereocenters. The van der Waals surface area contributed by atoms with Gasteiger partial charge in [-0.2, -0.15) is 0 Å². The first-order valence-corrected chi connectivity index (χ1v) is 8.59. The molecule has 0 spiro atoms. The number of hydrogen-bond acceptors (Lipinski definition) is 3. The zero-order valence-electron chi connectivity index (χ0n) is 13.8. The number of aryl methyl sites for hydroxylation is 2. The van der Waals surface area contributed by atoms with Crippen molar-refractivity contribution < 1.29 is 9.90 Å². The van der Waals surface area contributed by atoms with Crippen molar-refractivity contribution >= 4 is 11.6 Å². The highest BCUT2D eigenvalue weighted by Crippen LogP contribution is 2.34. The van der Waals surface area contributed by atoms with Crippen molar-refractivity contribution in [1.82, 2.24) is 5.32 Å². The molecular weight excluding hydrogens is 300 g/mol. The molecule has 1 amide bonds. The fraction of sp³-hybridized carbons (Fsp3) is 0.350. The van der Waals surface area contributed by atoms with Crippen LogP contribution in [0.5, 0.6) is 5.75 Å². The molecule has 0 fully saturated rings. The summed E-state index contributed by atoms with van der Waals surface area (Å²) in [5.74, 6) is 0.271. The van der Waals surface area contributed by atoms with Gasteiger partial charge in [0.2, 0.25) is 5.91 Å². The lowest BCUT2D eigenvalue weighted by atomic mass is 9.87. The van der Waals surface area contributed by atoms with Crippen LogP contribution in [0.25, 0.3) is 0 Å². The Labute approximate surface area is 141 Å². The molecule has 24 heavy (non-hydrogen) atoms. The molecule has 0 saturated carbocycles. The number of aromatic hydroxyl groups is 1. The van der Waals surface area contributed by atoms with Gasteiger partial charge in [0.15, 0.2) is 0 Å². The Morgan fingerprint density at radius 1 is 1.29 bits per heavy atom. The fourth-order valence-electron chi connectivity index (χ4n) is 3.98. The predicted octanol–water partition coefficient (Wildman–Crippen LogP) is 3.23. The van der Waals surface area contributed by atoms with Gasteiger partial charge < -0.3 is 15.7 Å². The first kappa shape index (κ1) is 15.1. The fourth-order valence-corrected chi connectivity index (χ4v) is 3.98. The Kier molecular flexibility index (Phi) is 3.68. The van der Waals surface area contributed by atoms with Crippen molar-refractivity contribution in [2.75, 3.05) is 5.32 Å². The summed E-state index contributed by atoms with van der Waals surface area (Å²) >= 11 is 0. The zero-order chi connectivity index (χ0) is 16.7. The minimum atomic E-state index is -0.269. The highest BCUT2D eigenvalue weighted by molar-refractivity contribution is 5.88. The number of carbonyl (C=O) groups is 1. The van der Waals surface area contributed by atoms with Crippen LogP contribution < -0.4 is 10.6 Å². The Hall–Kier alpha value is -2.49. The average molecular weight is 322 g/mol. The van der Waals surface area contributed by atoms with Crippen molar-refractivity contribution in [3.8, 4) is 5.75 Å². The van der Waals surface area contributed by atoms with Crippen LogP contribution >= 0.6 is 0 Å². The maximum atomic E-state index is 12.8. The van der Waals surface area contributed by atoms with E-state index in [-0.39, 0.29) is 23.7 Å². The van der Waals surface area contributed by atoms with Gasteiger partial charge in [-0.3, -0.25) is 4.79 Å². The number of fused-ring (bicyclic) bond motifs is 2. The molecule has 2 unspecified atom stereocenters. The van der Waals surface area contributed by atoms with Gasteiger partial charge in [-0.25, -0.2) is 0 Å². The number of rotatable bonds is 2. The standard InChI is InChI=1S/C20H22N2O2/c1-12-9-14(23)10-18-16(12)11-19(21-18)20(24)22-17-8-4-6-13-5-2-3-7-15(13)17/h2-3,5,7,9-10,17,19,21,23H,4,6,8,11H2,1H3,(H,22,24). The second kappa shape index (κ2) is 5.86. The molecular formula is C20H22N2O2. The Balaban J connectivity index is 1.50. The quantitative estimate of drug-likeness (QED) is 0.795. The van der Waals surface area contributed by atoms with E-state index in [1.165, 1.54) is 11.1 Å². The van der Waals surface area contributed by atoms with E-state index in [0.29, 0.717) is 6.42 Å². The summed E-state index contributed by atoms with van der Waals surface area (Å²) < 4.78 is 0. The van der Waals surface area contributed by atoms with Gasteiger partial charge in [0.25, 0.3) is 0 Å². The molecule has 0 bridgehead atoms. The van der Waals surface area contributed by atoms with E-state index < -0.39 is 0 Å². The van der Waals surface area contributed by atoms with Crippen LogP contribution in [0.1, 0.15) is 41.1 Å². The third kappa shape index (κ3) is 2.62. The molecule has 1 aliphatic heterocycles. The molecule has 1 heterocycles. The smallest absolute Gasteiger partial charge is 0.243 e. The van der Waals surface area contributed by atoms with Crippen LogP contribution in [0.2, 0.25) is 0 Å². The van der Waals surface area contributed by atoms with Gasteiger partial charge in [-0.05, 0) is 54.5 Å². The number of benzene rings is 2. The third-order valence-electron chi connectivity index (χ3n) is 5.20. The highest BCUT2D eigenvalue weighted by Gasteiger charge is 2.30. The van der Waals surface area contributed by atoms with E-state index in [0.717, 1.165) is 36.1 Å². The van der Waals surface area contributed by atoms with E-state index in [9.17, 15) is 9.90 Å². The highest BCUT2D eigenvalue weighted by atomic mass is 16.3. The lowest BCUT2D eigenvalue weighted by Crippen LogP contribution is -2.41. The molecule has 124 valence electrons. The Morgan fingerprint density at radius 2 is 2.12 bits per heavy atom. The van der Waals surface area contributed by atoms with Crippen molar-refractivity contribution in [1.29, 1.82) is 0 Å². The predicted molar refractivity (Wildman–Crippen MR) is 94.2 cm³/mol. The van der Waals surface area contributed by atoms with Crippen molar-refractivity contribution in [3.63, 3.8) is 0 Å². The second-order valence-corrected chi connectivity index (χ2v) is 6.84. The van der Waals surface area contributed by atoms with E-state index in [2.05, 4.69) is 28.8 Å². The molecule has 4 rings (SSSR count). The molecule has 1 aliphatic carbocycles. The number of carbonyl (C=O) groups excluding carboxylic acids is 1. The third-order valence-corrected chi connectivity index (χ3v) is 5.20. The molecule has 0 saturated heterocycles. The van der Waals surface area contributed by atoms with E-state index in [4.69, 9.17) is 0 Å². The molecule has 0 aromatic heterocycles. The summed E-state index contributed by atoms with van der Waals surface area (Å²) in [6.45, 7) is 1.97. The number of phenols is 1. The maximum absolute atomic E-state index is 12.8. The number of hydrogen-bond donors (Lipinski definition) is 3. The summed E-state index contributed by atoms with van der Waals surface area (Å²) in [6, 6.07) is 11.7. The van der Waals surface area contributed by atoms with Crippen LogP contribution in [0.3, 0.4) is 0 Å². The molecule has 2 aromatic rings. The minimum Gasteiger partial charge on any atom is -0.508 e. The van der Waals surface area contributed by atoms with Crippen molar-refractivity contribution in [2.24, 2.45) is 0 Å². The van der Waals surface area contributed by atoms with Crippen LogP contribution in [0, 0.1) is 6.92 Å². The van der Waals surface area contributed by atoms with Gasteiger partial charge in [-0.15, -0.1) is 0 Å². The normalized spacial score (nSPS) is 21.5. The second-order valence-electron chi connectivity index (χ2n) is 6.84. The summed E-state index contributed by atoms with van der Waals surface area (Å²) in [7, 11) is 0. The van der Waals surface area contributed by atoms with Crippen molar-refractivity contribution in [3.05, 3.63) is 58.7 Å². The van der Waals surface area contributed by atoms with Gasteiger partial charge in [-0.1, -0.05) is 24.3 Å². The first-order valence-electron chi connectivity index (χ1n) is 8.59. The summed E-state index contributed by atoms with van der Waals surface area (Å²) in [6.07, 6.45) is 3.85. The molecule has 3 N–H and O–H groups in total. The Morgan fingerprint density at radius 3 is 3.00 bits per heavy atom. The van der Waals surface area contributed by atoms with Gasteiger partial charge in [0.1, 0.15) is 11.8 Å². The van der Waals surface area contributed by atoms with E-state index in [1.54, 1.807) is 12.1 Å². The van der Waals surface area contributed by atoms with Crippen LogP contribution in [0.4, 0.5) is 5.69 Å². The van der Waals surface area contributed by atoms with E-state index >= 15 is 0 Å². The number of phenolic OH excluding ortho intramolecular Hbond substituents is 1. The molecule has 4 heteroatoms. The molecule has 0 radical (unpaired) electrons. The number of nitrogens with one attached hydrogen (secondary N) is 2. The monoisotopic (exact) mass is 322 g/mol. The van der Waals surface area contributed by atoms with Crippen molar-refractivity contribution in [2.45, 2.75) is 44.7 Å². The first-order chi connectivity index (χ1) is 11.6. The summed E-state index contributed by atoms with van der Waals surface area (Å²) in [4.78, 5) is 12.8. The molecule has 4 nitrogen and oxygen atoms in total. The van der Waals surface area contributed by atoms with E-state index in [1.807, 2.05) is 13.0 Å². The number of amides is 1. The van der Waals surface area contributed by atoms with Gasteiger partial charge >= 0.3 is 0 Å². The summed E-state index contributed by atoms with van der Waals surface area (Å²) in [5, 5.41) is 16.2. The zero-order valence-corrected chi connectivity index (χ0v) is 13.8. The van der Waals surface area contributed by atoms with Gasteiger partial charge in [0.05, 0.1) is 6.04 Å². The maximum Gasteiger partial charge on any atom is 0.243 e. The largest absolute Gasteiger partial charge is 0.508 e. The topological polar surface area (TPSA) is 61.4 Å². The van der Waals surface area contributed by atoms with Crippen LogP contribution in [0.15, 0.2) is 36.4 Å². The van der Waals surface area contributed by atoms with Crippen LogP contribution in [-0.2, 0) is 17.6 Å². The number of anilines is 1. The lowest BCUT2D eigenvalue weighted by Gasteiger charge is -2.27. The lowest BCUT2D eigenvalue weighted by molar-refractivity contribution is -0.122. The SMILES string of the molecule is Cc1cc(O)cc2c1CC(C(=O)NC1CCCc3ccccc31)N2. The summed E-state index contributed by atoms with van der Waals surface area (Å²) in [5.41, 5.74) is 5.61. The minimum absolute atomic E-state index is 0.0341. The van der Waals surface area contributed by atoms with Gasteiger partial charge in [0, 0.05) is 18.2 Å². The average Bonchev–Trinajstić information content (AvgIpc) is 3.00.